The van der Waals surface area contributed by atoms with Crippen molar-refractivity contribution >= 4 is 17.1 Å². The molecule has 1 N–H and O–H groups in total. The van der Waals surface area contributed by atoms with E-state index < -0.39 is 0 Å². The summed E-state index contributed by atoms with van der Waals surface area (Å²) in [5.41, 5.74) is 1.29. The summed E-state index contributed by atoms with van der Waals surface area (Å²) >= 11 is 0. The van der Waals surface area contributed by atoms with Crippen molar-refractivity contribution in [2.24, 2.45) is 12.1 Å². The Hall–Kier alpha value is -2.96. The molecule has 0 saturated carbocycles. The lowest BCUT2D eigenvalue weighted by atomic mass is 10.2. The number of fused-ring (bicyclic) bond motifs is 1. The maximum absolute atomic E-state index is 12.5. The van der Waals surface area contributed by atoms with Gasteiger partial charge in [0.15, 0.2) is 0 Å². The largest absolute Gasteiger partial charge is 0.300 e. The number of H-pyrrole nitrogens is 1. The molecular weight excluding hydrogens is 282 g/mol. The minimum atomic E-state index is -0.260. The van der Waals surface area contributed by atoms with Crippen LogP contribution in [-0.4, -0.2) is 25.7 Å². The minimum absolute atomic E-state index is 0.194. The first kappa shape index (κ1) is 14.0. The summed E-state index contributed by atoms with van der Waals surface area (Å²) in [6, 6.07) is 7.09. The number of aromatic nitrogens is 4. The molecule has 0 saturated heterocycles. The van der Waals surface area contributed by atoms with Crippen LogP contribution in [0.5, 0.6) is 0 Å². The van der Waals surface area contributed by atoms with Crippen molar-refractivity contribution in [1.82, 2.24) is 19.4 Å². The molecule has 0 atom stereocenters. The van der Waals surface area contributed by atoms with Gasteiger partial charge >= 0.3 is 0 Å². The number of hydrogen-bond donors (Lipinski definition) is 1. The molecule has 0 amide bonds. The fourth-order valence-electron chi connectivity index (χ4n) is 2.34. The fourth-order valence-corrected chi connectivity index (χ4v) is 2.34. The van der Waals surface area contributed by atoms with Crippen LogP contribution in [-0.2, 0) is 7.05 Å². The van der Waals surface area contributed by atoms with E-state index in [1.807, 2.05) is 6.07 Å². The molecule has 0 aliphatic rings. The van der Waals surface area contributed by atoms with Gasteiger partial charge in [-0.1, -0.05) is 12.1 Å². The molecule has 3 aromatic rings. The van der Waals surface area contributed by atoms with Crippen molar-refractivity contribution < 1.29 is 0 Å². The summed E-state index contributed by atoms with van der Waals surface area (Å²) in [6.07, 6.45) is 1.39. The molecule has 2 aromatic heterocycles. The predicted octanol–water partition coefficient (Wildman–Crippen LogP) is 0.922. The highest BCUT2D eigenvalue weighted by atomic mass is 16.1. The lowest BCUT2D eigenvalue weighted by molar-refractivity contribution is 0.730. The highest BCUT2D eigenvalue weighted by Gasteiger charge is 2.09. The van der Waals surface area contributed by atoms with E-state index >= 15 is 0 Å². The van der Waals surface area contributed by atoms with Gasteiger partial charge < -0.3 is 0 Å². The van der Waals surface area contributed by atoms with Crippen LogP contribution in [0.2, 0.25) is 0 Å². The van der Waals surface area contributed by atoms with E-state index in [1.54, 1.807) is 39.1 Å². The standard InChI is InChI=1S/C15H15N5O2/c1-9-12(14(21)19(3)18-9)8-16-20-10(2)17-13-7-5-4-6-11(13)15(20)22/h4-8,18H,1-3H3/b16-8+. The van der Waals surface area contributed by atoms with Gasteiger partial charge in [-0.3, -0.25) is 19.4 Å². The second-order valence-corrected chi connectivity index (χ2v) is 5.05. The molecular formula is C15H15N5O2. The normalized spacial score (nSPS) is 11.6. The maximum Gasteiger partial charge on any atom is 0.282 e. The van der Waals surface area contributed by atoms with Crippen LogP contribution < -0.4 is 11.1 Å². The Morgan fingerprint density at radius 1 is 1.18 bits per heavy atom. The lowest BCUT2D eigenvalue weighted by Crippen LogP contribution is -2.21. The zero-order chi connectivity index (χ0) is 15.9. The highest BCUT2D eigenvalue weighted by molar-refractivity contribution is 5.81. The van der Waals surface area contributed by atoms with Crippen LogP contribution >= 0.6 is 0 Å². The van der Waals surface area contributed by atoms with Crippen molar-refractivity contribution in [3.63, 3.8) is 0 Å². The monoisotopic (exact) mass is 297 g/mol. The van der Waals surface area contributed by atoms with Crippen LogP contribution in [0, 0.1) is 13.8 Å². The van der Waals surface area contributed by atoms with E-state index in [0.29, 0.717) is 28.0 Å². The third-order valence-corrected chi connectivity index (χ3v) is 3.49. The number of benzene rings is 1. The molecule has 0 radical (unpaired) electrons. The average Bonchev–Trinajstić information content (AvgIpc) is 2.73. The smallest absolute Gasteiger partial charge is 0.282 e. The number of aromatic amines is 1. The first-order valence-corrected chi connectivity index (χ1v) is 6.77. The van der Waals surface area contributed by atoms with Gasteiger partial charge in [-0.05, 0) is 26.0 Å². The van der Waals surface area contributed by atoms with Gasteiger partial charge in [0.2, 0.25) is 0 Å². The molecule has 7 heteroatoms. The molecule has 112 valence electrons. The molecule has 0 unspecified atom stereocenters. The summed E-state index contributed by atoms with van der Waals surface area (Å²) in [5, 5.41) is 7.51. The SMILES string of the molecule is Cc1[nH]n(C)c(=O)c1/C=N/n1c(C)nc2ccccc2c1=O. The Labute approximate surface area is 125 Å². The van der Waals surface area contributed by atoms with Crippen molar-refractivity contribution in [1.29, 1.82) is 0 Å². The highest BCUT2D eigenvalue weighted by Crippen LogP contribution is 2.07. The second-order valence-electron chi connectivity index (χ2n) is 5.05. The van der Waals surface area contributed by atoms with Gasteiger partial charge in [0, 0.05) is 12.7 Å². The molecule has 1 aromatic carbocycles. The number of nitrogens with one attached hydrogen (secondary N) is 1. The molecule has 22 heavy (non-hydrogen) atoms. The summed E-state index contributed by atoms with van der Waals surface area (Å²) in [4.78, 5) is 28.8. The van der Waals surface area contributed by atoms with E-state index in [2.05, 4.69) is 15.2 Å². The van der Waals surface area contributed by atoms with E-state index in [4.69, 9.17) is 0 Å². The minimum Gasteiger partial charge on any atom is -0.300 e. The third-order valence-electron chi connectivity index (χ3n) is 3.49. The zero-order valence-corrected chi connectivity index (χ0v) is 12.5. The van der Waals surface area contributed by atoms with Crippen LogP contribution in [0.25, 0.3) is 10.9 Å². The third kappa shape index (κ3) is 2.16. The van der Waals surface area contributed by atoms with Crippen molar-refractivity contribution in [2.75, 3.05) is 0 Å². The van der Waals surface area contributed by atoms with Gasteiger partial charge in [-0.25, -0.2) is 4.98 Å². The quantitative estimate of drug-likeness (QED) is 0.714. The van der Waals surface area contributed by atoms with E-state index in [1.165, 1.54) is 15.6 Å². The van der Waals surface area contributed by atoms with Crippen LogP contribution in [0.3, 0.4) is 0 Å². The predicted molar refractivity (Wildman–Crippen MR) is 84.5 cm³/mol. The first-order chi connectivity index (χ1) is 10.5. The molecule has 3 rings (SSSR count). The van der Waals surface area contributed by atoms with Gasteiger partial charge in [-0.15, -0.1) is 0 Å². The van der Waals surface area contributed by atoms with Crippen molar-refractivity contribution in [3.8, 4) is 0 Å². The number of aryl methyl sites for hydroxylation is 3. The van der Waals surface area contributed by atoms with Gasteiger partial charge in [0.25, 0.3) is 11.1 Å². The summed E-state index contributed by atoms with van der Waals surface area (Å²) in [7, 11) is 1.63. The Morgan fingerprint density at radius 2 is 1.91 bits per heavy atom. The van der Waals surface area contributed by atoms with E-state index in [9.17, 15) is 9.59 Å². The lowest BCUT2D eigenvalue weighted by Gasteiger charge is -2.04. The van der Waals surface area contributed by atoms with Gasteiger partial charge in [0.1, 0.15) is 5.82 Å². The van der Waals surface area contributed by atoms with Crippen molar-refractivity contribution in [2.45, 2.75) is 13.8 Å². The summed E-state index contributed by atoms with van der Waals surface area (Å²) in [6.45, 7) is 3.48. The number of para-hydroxylation sites is 1. The number of nitrogens with zero attached hydrogens (tertiary/aromatic N) is 4. The second kappa shape index (κ2) is 5.10. The van der Waals surface area contributed by atoms with Crippen LogP contribution in [0.1, 0.15) is 17.1 Å². The number of rotatable bonds is 2. The first-order valence-electron chi connectivity index (χ1n) is 6.77. The Bertz CT molecular complexity index is 1010. The summed E-state index contributed by atoms with van der Waals surface area (Å²) < 4.78 is 2.57. The van der Waals surface area contributed by atoms with Crippen molar-refractivity contribution in [3.05, 3.63) is 62.1 Å². The zero-order valence-electron chi connectivity index (χ0n) is 12.5. The number of hydrogen-bond acceptors (Lipinski definition) is 4. The van der Waals surface area contributed by atoms with Gasteiger partial charge in [0.05, 0.1) is 22.7 Å². The Morgan fingerprint density at radius 3 is 2.59 bits per heavy atom. The molecule has 0 aliphatic heterocycles. The van der Waals surface area contributed by atoms with Crippen LogP contribution in [0.4, 0.5) is 0 Å². The summed E-state index contributed by atoms with van der Waals surface area (Å²) in [5.74, 6) is 0.463. The fraction of sp³-hybridized carbons (Fsp3) is 0.200. The maximum atomic E-state index is 12.5. The topological polar surface area (TPSA) is 85.0 Å². The molecule has 0 spiro atoms. The average molecular weight is 297 g/mol. The molecule has 0 bridgehead atoms. The molecule has 2 heterocycles. The Balaban J connectivity index is 2.17. The molecule has 0 fully saturated rings. The van der Waals surface area contributed by atoms with E-state index in [-0.39, 0.29) is 11.1 Å². The molecule has 7 nitrogen and oxygen atoms in total. The van der Waals surface area contributed by atoms with Gasteiger partial charge in [-0.2, -0.15) is 9.78 Å². The molecule has 0 aliphatic carbocycles. The Kier molecular flexibility index (Phi) is 3.25. The van der Waals surface area contributed by atoms with Crippen LogP contribution in [0.15, 0.2) is 39.0 Å². The van der Waals surface area contributed by atoms with E-state index in [0.717, 1.165) is 0 Å².